The highest BCUT2D eigenvalue weighted by Gasteiger charge is 2.44. The third-order valence-electron chi connectivity index (χ3n) is 7.34. The van der Waals surface area contributed by atoms with Crippen LogP contribution in [0.25, 0.3) is 11.3 Å². The number of hydrogen-bond donors (Lipinski definition) is 2. The Morgan fingerprint density at radius 2 is 1.89 bits per heavy atom. The summed E-state index contributed by atoms with van der Waals surface area (Å²) in [6.45, 7) is 7.70. The Morgan fingerprint density at radius 1 is 1.16 bits per heavy atom. The van der Waals surface area contributed by atoms with Crippen LogP contribution in [0.15, 0.2) is 59.7 Å². The molecule has 0 amide bonds. The van der Waals surface area contributed by atoms with Crippen LogP contribution in [0.3, 0.4) is 0 Å². The van der Waals surface area contributed by atoms with E-state index >= 15 is 0 Å². The van der Waals surface area contributed by atoms with E-state index in [-0.39, 0.29) is 18.6 Å². The Labute approximate surface area is 227 Å². The second kappa shape index (κ2) is 10.5. The first kappa shape index (κ1) is 27.2. The van der Waals surface area contributed by atoms with Gasteiger partial charge in [-0.05, 0) is 73.2 Å². The highest BCUT2D eigenvalue weighted by atomic mass is 35.5. The van der Waals surface area contributed by atoms with E-state index in [4.69, 9.17) is 16.3 Å². The fraction of sp³-hybridized carbons (Fsp3) is 0.300. The van der Waals surface area contributed by atoms with Gasteiger partial charge in [0.1, 0.15) is 22.9 Å². The lowest BCUT2D eigenvalue weighted by atomic mass is 9.69. The molecule has 0 saturated carbocycles. The lowest BCUT2D eigenvalue weighted by molar-refractivity contribution is -0.142. The highest BCUT2D eigenvalue weighted by Crippen LogP contribution is 2.41. The lowest BCUT2D eigenvalue weighted by Gasteiger charge is -2.33. The normalized spacial score (nSPS) is 17.1. The highest BCUT2D eigenvalue weighted by molar-refractivity contribution is 6.30. The zero-order valence-corrected chi connectivity index (χ0v) is 22.9. The maximum Gasteiger partial charge on any atom is 0.331 e. The van der Waals surface area contributed by atoms with Crippen LogP contribution >= 0.6 is 11.6 Å². The summed E-state index contributed by atoms with van der Waals surface area (Å²) in [4.78, 5) is 24.6. The van der Waals surface area contributed by atoms with Gasteiger partial charge >= 0.3 is 11.9 Å². The molecule has 3 aromatic rings. The van der Waals surface area contributed by atoms with Crippen LogP contribution in [0.4, 0.5) is 0 Å². The number of carbonyl (C=O) groups is 2. The van der Waals surface area contributed by atoms with Gasteiger partial charge in [0.25, 0.3) is 0 Å². The minimum Gasteiger partial charge on any atom is -0.489 e. The second-order valence-electron chi connectivity index (χ2n) is 9.71. The van der Waals surface area contributed by atoms with Crippen molar-refractivity contribution in [3.8, 4) is 17.0 Å². The van der Waals surface area contributed by atoms with Gasteiger partial charge in [-0.1, -0.05) is 48.9 Å². The smallest absolute Gasteiger partial charge is 0.331 e. The van der Waals surface area contributed by atoms with Crippen LogP contribution in [0, 0.1) is 13.8 Å². The van der Waals surface area contributed by atoms with Gasteiger partial charge < -0.3 is 14.9 Å². The number of hydrogen-bond acceptors (Lipinski definition) is 4. The molecule has 0 radical (unpaired) electrons. The summed E-state index contributed by atoms with van der Waals surface area (Å²) >= 11 is 6.31. The number of ether oxygens (including phenoxy) is 1. The molecule has 2 aromatic carbocycles. The van der Waals surface area contributed by atoms with Crippen LogP contribution in [0.1, 0.15) is 48.1 Å². The van der Waals surface area contributed by atoms with E-state index in [1.807, 2.05) is 51.1 Å². The average molecular weight is 535 g/mol. The van der Waals surface area contributed by atoms with E-state index in [1.54, 1.807) is 36.9 Å². The third-order valence-corrected chi connectivity index (χ3v) is 7.87. The molecule has 1 aliphatic rings. The molecular weight excluding hydrogens is 504 g/mol. The average Bonchev–Trinajstić information content (AvgIpc) is 3.15. The lowest BCUT2D eigenvalue weighted by Crippen LogP contribution is -2.38. The molecule has 1 aromatic heterocycles. The molecular formula is C30H31ClN2O5. The molecule has 1 atom stereocenters. The van der Waals surface area contributed by atoms with Crippen molar-refractivity contribution in [3.63, 3.8) is 0 Å². The zero-order valence-electron chi connectivity index (χ0n) is 22.1. The molecule has 1 aliphatic carbocycles. The fourth-order valence-corrected chi connectivity index (χ4v) is 5.21. The predicted octanol–water partition coefficient (Wildman–Crippen LogP) is 6.18. The molecule has 0 aliphatic heterocycles. The number of aliphatic carboxylic acids is 2. The quantitative estimate of drug-likeness (QED) is 0.357. The zero-order chi connectivity index (χ0) is 27.8. The summed E-state index contributed by atoms with van der Waals surface area (Å²) in [7, 11) is 1.80. The predicted molar refractivity (Wildman–Crippen MR) is 147 cm³/mol. The first-order valence-electron chi connectivity index (χ1n) is 12.4. The fourth-order valence-electron chi connectivity index (χ4n) is 5.08. The summed E-state index contributed by atoms with van der Waals surface area (Å²) in [5.74, 6) is -1.54. The Hall–Kier alpha value is -3.84. The van der Waals surface area contributed by atoms with E-state index < -0.39 is 17.4 Å². The Bertz CT molecular complexity index is 1500. The Kier molecular flexibility index (Phi) is 7.51. The van der Waals surface area contributed by atoms with Crippen LogP contribution in [-0.4, -0.2) is 31.9 Å². The number of carboxylic acids is 2. The van der Waals surface area contributed by atoms with Gasteiger partial charge in [-0.25, -0.2) is 4.79 Å². The van der Waals surface area contributed by atoms with Crippen LogP contribution in [-0.2, 0) is 35.1 Å². The van der Waals surface area contributed by atoms with Crippen molar-refractivity contribution in [2.24, 2.45) is 7.05 Å². The SMILES string of the molecule is CCc1cccc(C2(C(=O)O)C=CC(C)=C(C(=O)O)C2)c1COc1ccc(-c2nn(C)c(Cl)c2C)cc1C. The van der Waals surface area contributed by atoms with Crippen LogP contribution in [0.5, 0.6) is 5.75 Å². The number of aromatic nitrogens is 2. The standard InChI is InChI=1S/C30H31ClN2O5/c1-6-20-8-7-9-24(30(29(36)37)13-12-17(2)22(15-30)28(34)35)23(20)16-38-25-11-10-21(14-18(25)3)26-19(4)27(31)33(5)32-26/h7-14H,6,15-16H2,1-5H3,(H,34,35)(H,36,37). The largest absolute Gasteiger partial charge is 0.489 e. The molecule has 0 fully saturated rings. The Balaban J connectivity index is 1.71. The van der Waals surface area contributed by atoms with Gasteiger partial charge in [-0.3, -0.25) is 9.48 Å². The van der Waals surface area contributed by atoms with Crippen molar-refractivity contribution in [1.82, 2.24) is 9.78 Å². The second-order valence-corrected chi connectivity index (χ2v) is 10.1. The number of rotatable bonds is 8. The number of carboxylic acid groups (broad SMARTS) is 2. The van der Waals surface area contributed by atoms with Crippen molar-refractivity contribution < 1.29 is 24.5 Å². The van der Waals surface area contributed by atoms with Crippen LogP contribution in [0.2, 0.25) is 5.15 Å². The molecule has 0 spiro atoms. The number of nitrogens with zero attached hydrogens (tertiary/aromatic N) is 2. The molecule has 2 N–H and O–H groups in total. The minimum atomic E-state index is -1.51. The molecule has 0 bridgehead atoms. The molecule has 198 valence electrons. The summed E-state index contributed by atoms with van der Waals surface area (Å²) in [6, 6.07) is 11.3. The molecule has 8 heteroatoms. The topological polar surface area (TPSA) is 102 Å². The van der Waals surface area contributed by atoms with Gasteiger partial charge in [-0.2, -0.15) is 5.10 Å². The summed E-state index contributed by atoms with van der Waals surface area (Å²) in [5.41, 5.74) is 4.91. The van der Waals surface area contributed by atoms with Gasteiger partial charge in [0.05, 0.1) is 5.69 Å². The minimum absolute atomic E-state index is 0.0972. The third kappa shape index (κ3) is 4.74. The van der Waals surface area contributed by atoms with Crippen molar-refractivity contribution in [1.29, 1.82) is 0 Å². The molecule has 38 heavy (non-hydrogen) atoms. The Morgan fingerprint density at radius 3 is 2.47 bits per heavy atom. The number of benzene rings is 2. The van der Waals surface area contributed by atoms with Gasteiger partial charge in [-0.15, -0.1) is 0 Å². The van der Waals surface area contributed by atoms with E-state index in [1.165, 1.54) is 0 Å². The number of halogens is 1. The summed E-state index contributed by atoms with van der Waals surface area (Å²) in [6.07, 6.45) is 3.74. The summed E-state index contributed by atoms with van der Waals surface area (Å²) < 4.78 is 7.91. The number of allylic oxidation sites excluding steroid dienone is 2. The van der Waals surface area contributed by atoms with Crippen molar-refractivity contribution in [3.05, 3.63) is 92.7 Å². The van der Waals surface area contributed by atoms with Gasteiger partial charge in [0.2, 0.25) is 0 Å². The van der Waals surface area contributed by atoms with E-state index in [0.29, 0.717) is 28.5 Å². The van der Waals surface area contributed by atoms with Crippen molar-refractivity contribution >= 4 is 23.5 Å². The molecule has 1 unspecified atom stereocenters. The maximum absolute atomic E-state index is 12.7. The van der Waals surface area contributed by atoms with E-state index in [0.717, 1.165) is 33.5 Å². The molecule has 4 rings (SSSR count). The monoisotopic (exact) mass is 534 g/mol. The van der Waals surface area contributed by atoms with Crippen molar-refractivity contribution in [2.75, 3.05) is 0 Å². The molecule has 1 heterocycles. The first-order valence-corrected chi connectivity index (χ1v) is 12.8. The van der Waals surface area contributed by atoms with Gasteiger partial charge in [0.15, 0.2) is 0 Å². The maximum atomic E-state index is 12.7. The first-order chi connectivity index (χ1) is 18.0. The summed E-state index contributed by atoms with van der Waals surface area (Å²) in [5, 5.41) is 25.2. The molecule has 0 saturated heterocycles. The van der Waals surface area contributed by atoms with E-state index in [9.17, 15) is 19.8 Å². The van der Waals surface area contributed by atoms with Gasteiger partial charge in [0, 0.05) is 30.2 Å². The number of aryl methyl sites for hydroxylation is 3. The van der Waals surface area contributed by atoms with Crippen molar-refractivity contribution in [2.45, 2.75) is 52.6 Å². The van der Waals surface area contributed by atoms with Crippen LogP contribution < -0.4 is 4.74 Å². The van der Waals surface area contributed by atoms with E-state index in [2.05, 4.69) is 5.10 Å². The molecule has 7 nitrogen and oxygen atoms in total.